The third kappa shape index (κ3) is 3.29. The molecule has 0 aliphatic rings. The molecule has 0 unspecified atom stereocenters. The van der Waals surface area contributed by atoms with Gasteiger partial charge in [0.15, 0.2) is 5.82 Å². The first kappa shape index (κ1) is 16.1. The van der Waals surface area contributed by atoms with E-state index in [-0.39, 0.29) is 5.91 Å². The van der Waals surface area contributed by atoms with E-state index in [4.69, 9.17) is 11.6 Å². The lowest BCUT2D eigenvalue weighted by Gasteiger charge is -2.11. The standard InChI is InChI=1S/C19H16ClN3O/c1-12-16(20)9-6-10-17(12)23-19(24)15-11-21-18(22-13(15)2)14-7-4-3-5-8-14/h3-11H,1-2H3,(H,23,24). The van der Waals surface area contributed by atoms with Crippen LogP contribution in [0.5, 0.6) is 0 Å². The molecule has 3 rings (SSSR count). The third-order valence-electron chi connectivity index (χ3n) is 3.77. The molecule has 120 valence electrons. The number of halogens is 1. The summed E-state index contributed by atoms with van der Waals surface area (Å²) in [6.07, 6.45) is 1.56. The van der Waals surface area contributed by atoms with E-state index in [1.165, 1.54) is 0 Å². The monoisotopic (exact) mass is 337 g/mol. The summed E-state index contributed by atoms with van der Waals surface area (Å²) >= 11 is 6.09. The van der Waals surface area contributed by atoms with E-state index < -0.39 is 0 Å². The number of aryl methyl sites for hydroxylation is 1. The molecule has 0 spiro atoms. The molecule has 1 N–H and O–H groups in total. The number of carbonyl (C=O) groups excluding carboxylic acids is 1. The highest BCUT2D eigenvalue weighted by atomic mass is 35.5. The molecule has 0 saturated heterocycles. The quantitative estimate of drug-likeness (QED) is 0.755. The Balaban J connectivity index is 1.87. The van der Waals surface area contributed by atoms with Crippen LogP contribution in [-0.4, -0.2) is 15.9 Å². The van der Waals surface area contributed by atoms with Crippen molar-refractivity contribution < 1.29 is 4.79 Å². The van der Waals surface area contributed by atoms with E-state index in [0.29, 0.717) is 27.8 Å². The van der Waals surface area contributed by atoms with E-state index in [9.17, 15) is 4.79 Å². The fourth-order valence-corrected chi connectivity index (χ4v) is 2.52. The van der Waals surface area contributed by atoms with E-state index in [1.54, 1.807) is 25.3 Å². The molecule has 3 aromatic rings. The van der Waals surface area contributed by atoms with Crippen LogP contribution in [0.15, 0.2) is 54.7 Å². The summed E-state index contributed by atoms with van der Waals surface area (Å²) in [5, 5.41) is 3.48. The second-order valence-corrected chi connectivity index (χ2v) is 5.83. The van der Waals surface area contributed by atoms with Crippen LogP contribution < -0.4 is 5.32 Å². The number of hydrogen-bond donors (Lipinski definition) is 1. The van der Waals surface area contributed by atoms with Gasteiger partial charge in [-0.3, -0.25) is 4.79 Å². The topological polar surface area (TPSA) is 54.9 Å². The van der Waals surface area contributed by atoms with Crippen LogP contribution in [-0.2, 0) is 0 Å². The van der Waals surface area contributed by atoms with Crippen LogP contribution in [0.4, 0.5) is 5.69 Å². The van der Waals surface area contributed by atoms with E-state index >= 15 is 0 Å². The molecule has 0 fully saturated rings. The van der Waals surface area contributed by atoms with E-state index in [2.05, 4.69) is 15.3 Å². The van der Waals surface area contributed by atoms with Gasteiger partial charge in [0.25, 0.3) is 5.91 Å². The number of nitrogens with zero attached hydrogens (tertiary/aromatic N) is 2. The number of anilines is 1. The molecule has 0 bridgehead atoms. The average molecular weight is 338 g/mol. The predicted molar refractivity (Wildman–Crippen MR) is 96.3 cm³/mol. The number of amides is 1. The van der Waals surface area contributed by atoms with Crippen molar-refractivity contribution in [3.8, 4) is 11.4 Å². The Morgan fingerprint density at radius 3 is 2.50 bits per heavy atom. The van der Waals surface area contributed by atoms with Crippen LogP contribution in [0.2, 0.25) is 5.02 Å². The first-order valence-electron chi connectivity index (χ1n) is 7.52. The Labute approximate surface area is 145 Å². The summed E-state index contributed by atoms with van der Waals surface area (Å²) in [4.78, 5) is 21.3. The minimum Gasteiger partial charge on any atom is -0.322 e. The van der Waals surface area contributed by atoms with Crippen LogP contribution in [0.1, 0.15) is 21.6 Å². The van der Waals surface area contributed by atoms with Gasteiger partial charge in [-0.25, -0.2) is 9.97 Å². The zero-order valence-corrected chi connectivity index (χ0v) is 14.1. The molecular formula is C19H16ClN3O. The smallest absolute Gasteiger partial charge is 0.259 e. The second-order valence-electron chi connectivity index (χ2n) is 5.43. The van der Waals surface area contributed by atoms with E-state index in [1.807, 2.05) is 43.3 Å². The highest BCUT2D eigenvalue weighted by molar-refractivity contribution is 6.31. The van der Waals surface area contributed by atoms with Gasteiger partial charge in [-0.05, 0) is 31.5 Å². The molecule has 2 aromatic carbocycles. The molecule has 1 aromatic heterocycles. The van der Waals surface area contributed by atoms with Crippen molar-refractivity contribution in [3.63, 3.8) is 0 Å². The van der Waals surface area contributed by atoms with Crippen molar-refractivity contribution in [1.82, 2.24) is 9.97 Å². The Bertz CT molecular complexity index is 894. The summed E-state index contributed by atoms with van der Waals surface area (Å²) in [6.45, 7) is 3.66. The van der Waals surface area contributed by atoms with Gasteiger partial charge < -0.3 is 5.32 Å². The van der Waals surface area contributed by atoms with Gasteiger partial charge in [0.05, 0.1) is 11.3 Å². The first-order valence-corrected chi connectivity index (χ1v) is 7.89. The zero-order chi connectivity index (χ0) is 17.1. The predicted octanol–water partition coefficient (Wildman–Crippen LogP) is 4.67. The summed E-state index contributed by atoms with van der Waals surface area (Å²) < 4.78 is 0. The Morgan fingerprint density at radius 2 is 1.79 bits per heavy atom. The number of nitrogens with one attached hydrogen (secondary N) is 1. The largest absolute Gasteiger partial charge is 0.322 e. The van der Waals surface area contributed by atoms with Crippen molar-refractivity contribution in [2.24, 2.45) is 0 Å². The Kier molecular flexibility index (Phi) is 4.58. The van der Waals surface area contributed by atoms with Crippen molar-refractivity contribution in [1.29, 1.82) is 0 Å². The fraction of sp³-hybridized carbons (Fsp3) is 0.105. The van der Waals surface area contributed by atoms with Crippen LogP contribution in [0.3, 0.4) is 0 Å². The van der Waals surface area contributed by atoms with Crippen molar-refractivity contribution in [2.45, 2.75) is 13.8 Å². The van der Waals surface area contributed by atoms with Crippen LogP contribution in [0, 0.1) is 13.8 Å². The van der Waals surface area contributed by atoms with Gasteiger partial charge in [0, 0.05) is 22.5 Å². The van der Waals surface area contributed by atoms with Gasteiger partial charge in [-0.2, -0.15) is 0 Å². The van der Waals surface area contributed by atoms with Crippen LogP contribution in [0.25, 0.3) is 11.4 Å². The lowest BCUT2D eigenvalue weighted by Crippen LogP contribution is -2.15. The summed E-state index contributed by atoms with van der Waals surface area (Å²) in [7, 11) is 0. The minimum absolute atomic E-state index is 0.252. The van der Waals surface area contributed by atoms with E-state index in [0.717, 1.165) is 11.1 Å². The molecule has 0 radical (unpaired) electrons. The molecule has 1 heterocycles. The lowest BCUT2D eigenvalue weighted by atomic mass is 10.1. The normalized spacial score (nSPS) is 10.5. The van der Waals surface area contributed by atoms with Crippen molar-refractivity contribution in [3.05, 3.63) is 76.6 Å². The molecule has 0 saturated carbocycles. The highest BCUT2D eigenvalue weighted by Gasteiger charge is 2.14. The highest BCUT2D eigenvalue weighted by Crippen LogP contribution is 2.24. The van der Waals surface area contributed by atoms with Crippen molar-refractivity contribution >= 4 is 23.2 Å². The molecule has 5 heteroatoms. The molecule has 4 nitrogen and oxygen atoms in total. The van der Waals surface area contributed by atoms with Crippen LogP contribution >= 0.6 is 11.6 Å². The Hall–Kier alpha value is -2.72. The molecule has 0 aliphatic heterocycles. The maximum absolute atomic E-state index is 12.5. The SMILES string of the molecule is Cc1nc(-c2ccccc2)ncc1C(=O)Nc1cccc(Cl)c1C. The molecule has 1 amide bonds. The van der Waals surface area contributed by atoms with Crippen molar-refractivity contribution in [2.75, 3.05) is 5.32 Å². The van der Waals surface area contributed by atoms with Gasteiger partial charge >= 0.3 is 0 Å². The van der Waals surface area contributed by atoms with Gasteiger partial charge in [-0.1, -0.05) is 48.0 Å². The van der Waals surface area contributed by atoms with Gasteiger partial charge in [0.1, 0.15) is 0 Å². The fourth-order valence-electron chi connectivity index (χ4n) is 2.35. The first-order chi connectivity index (χ1) is 11.6. The lowest BCUT2D eigenvalue weighted by molar-refractivity contribution is 0.102. The molecule has 0 aliphatic carbocycles. The third-order valence-corrected chi connectivity index (χ3v) is 4.18. The maximum atomic E-state index is 12.5. The molecule has 0 atom stereocenters. The Morgan fingerprint density at radius 1 is 1.04 bits per heavy atom. The zero-order valence-electron chi connectivity index (χ0n) is 13.4. The number of rotatable bonds is 3. The number of carbonyl (C=O) groups is 1. The maximum Gasteiger partial charge on any atom is 0.259 e. The van der Waals surface area contributed by atoms with Gasteiger partial charge in [-0.15, -0.1) is 0 Å². The summed E-state index contributed by atoms with van der Waals surface area (Å²) in [5.74, 6) is 0.348. The number of hydrogen-bond acceptors (Lipinski definition) is 3. The minimum atomic E-state index is -0.252. The summed E-state index contributed by atoms with van der Waals surface area (Å²) in [5.41, 5.74) is 3.49. The average Bonchev–Trinajstić information content (AvgIpc) is 2.59. The second kappa shape index (κ2) is 6.81. The number of aromatic nitrogens is 2. The summed E-state index contributed by atoms with van der Waals surface area (Å²) in [6, 6.07) is 15.1. The molecule has 24 heavy (non-hydrogen) atoms. The molecular weight excluding hydrogens is 322 g/mol. The van der Waals surface area contributed by atoms with Gasteiger partial charge in [0.2, 0.25) is 0 Å². The number of benzene rings is 2.